The van der Waals surface area contributed by atoms with E-state index in [1.165, 1.54) is 17.4 Å². The van der Waals surface area contributed by atoms with Crippen LogP contribution in [0, 0.1) is 6.92 Å². The Morgan fingerprint density at radius 1 is 1.03 bits per heavy atom. The summed E-state index contributed by atoms with van der Waals surface area (Å²) in [6, 6.07) is 17.2. The first-order chi connectivity index (χ1) is 15.5. The summed E-state index contributed by atoms with van der Waals surface area (Å²) in [6.07, 6.45) is 4.12. The summed E-state index contributed by atoms with van der Waals surface area (Å²) in [5.41, 5.74) is 2.96. The minimum absolute atomic E-state index is 0.257. The molecule has 1 heterocycles. The third-order valence-electron chi connectivity index (χ3n) is 4.64. The van der Waals surface area contributed by atoms with Gasteiger partial charge in [0.1, 0.15) is 16.3 Å². The smallest absolute Gasteiger partial charge is 0.341 e. The second-order valence-corrected chi connectivity index (χ2v) is 8.29. The van der Waals surface area contributed by atoms with Gasteiger partial charge in [0.2, 0.25) is 5.91 Å². The van der Waals surface area contributed by atoms with Crippen molar-refractivity contribution < 1.29 is 19.1 Å². The van der Waals surface area contributed by atoms with E-state index < -0.39 is 5.97 Å². The molecular formula is C26H27NO4S. The van der Waals surface area contributed by atoms with Crippen LogP contribution in [0.1, 0.15) is 41.1 Å². The fourth-order valence-corrected chi connectivity index (χ4v) is 4.27. The van der Waals surface area contributed by atoms with Crippen molar-refractivity contribution in [2.24, 2.45) is 0 Å². The quantitative estimate of drug-likeness (QED) is 0.306. The van der Waals surface area contributed by atoms with Crippen LogP contribution >= 0.6 is 11.3 Å². The number of rotatable bonds is 9. The van der Waals surface area contributed by atoms with Crippen molar-refractivity contribution in [3.05, 3.63) is 76.7 Å². The summed E-state index contributed by atoms with van der Waals surface area (Å²) >= 11 is 1.37. The van der Waals surface area contributed by atoms with Crippen molar-refractivity contribution >= 4 is 34.3 Å². The van der Waals surface area contributed by atoms with Gasteiger partial charge < -0.3 is 14.8 Å². The standard InChI is InChI=1S/C26H27NO4S/c1-4-17-31-21-14-11-19(12-15-21)13-16-22(28)27-25-24(26(29)30-5-2)23(18(3)32-25)20-9-7-6-8-10-20/h6-16H,4-5,17H2,1-3H3,(H,27,28). The van der Waals surface area contributed by atoms with E-state index in [1.807, 2.05) is 61.5 Å². The van der Waals surface area contributed by atoms with Gasteiger partial charge in [-0.15, -0.1) is 11.3 Å². The molecule has 0 spiro atoms. The van der Waals surface area contributed by atoms with Crippen LogP contribution in [0.3, 0.4) is 0 Å². The van der Waals surface area contributed by atoms with Gasteiger partial charge in [-0.1, -0.05) is 49.4 Å². The molecule has 0 aliphatic carbocycles. The van der Waals surface area contributed by atoms with Gasteiger partial charge >= 0.3 is 5.97 Å². The second kappa shape index (κ2) is 11.3. The Kier molecular flexibility index (Phi) is 8.22. The molecule has 0 saturated heterocycles. The van der Waals surface area contributed by atoms with Crippen LogP contribution in [0.5, 0.6) is 5.75 Å². The normalized spacial score (nSPS) is 10.8. The molecule has 0 aliphatic rings. The Hall–Kier alpha value is -3.38. The van der Waals surface area contributed by atoms with Crippen molar-refractivity contribution in [2.75, 3.05) is 18.5 Å². The van der Waals surface area contributed by atoms with E-state index in [-0.39, 0.29) is 12.5 Å². The highest BCUT2D eigenvalue weighted by atomic mass is 32.1. The van der Waals surface area contributed by atoms with Gasteiger partial charge in [-0.3, -0.25) is 4.79 Å². The van der Waals surface area contributed by atoms with E-state index >= 15 is 0 Å². The zero-order valence-corrected chi connectivity index (χ0v) is 19.3. The predicted molar refractivity (Wildman–Crippen MR) is 130 cm³/mol. The molecule has 3 rings (SSSR count). The van der Waals surface area contributed by atoms with E-state index in [1.54, 1.807) is 13.0 Å². The van der Waals surface area contributed by atoms with E-state index in [0.717, 1.165) is 33.7 Å². The summed E-state index contributed by atoms with van der Waals surface area (Å²) < 4.78 is 10.9. The molecule has 0 saturated carbocycles. The zero-order chi connectivity index (χ0) is 22.9. The summed E-state index contributed by atoms with van der Waals surface area (Å²) in [6.45, 7) is 6.68. The lowest BCUT2D eigenvalue weighted by atomic mass is 10.0. The highest BCUT2D eigenvalue weighted by molar-refractivity contribution is 7.17. The third-order valence-corrected chi connectivity index (χ3v) is 5.66. The Morgan fingerprint density at radius 2 is 1.75 bits per heavy atom. The van der Waals surface area contributed by atoms with Crippen LogP contribution < -0.4 is 10.1 Å². The van der Waals surface area contributed by atoms with Gasteiger partial charge in [-0.25, -0.2) is 4.79 Å². The minimum atomic E-state index is -0.447. The lowest BCUT2D eigenvalue weighted by Gasteiger charge is -2.08. The largest absolute Gasteiger partial charge is 0.494 e. The van der Waals surface area contributed by atoms with Gasteiger partial charge in [0.25, 0.3) is 0 Å². The molecular weight excluding hydrogens is 422 g/mol. The maximum atomic E-state index is 12.7. The summed E-state index contributed by atoms with van der Waals surface area (Å²) in [4.78, 5) is 26.3. The average molecular weight is 450 g/mol. The Balaban J connectivity index is 1.81. The maximum absolute atomic E-state index is 12.7. The predicted octanol–water partition coefficient (Wildman–Crippen LogP) is 6.34. The first kappa shape index (κ1) is 23.3. The lowest BCUT2D eigenvalue weighted by Crippen LogP contribution is -2.12. The van der Waals surface area contributed by atoms with Crippen molar-refractivity contribution in [1.29, 1.82) is 0 Å². The number of benzene rings is 2. The van der Waals surface area contributed by atoms with Crippen molar-refractivity contribution in [3.63, 3.8) is 0 Å². The van der Waals surface area contributed by atoms with Crippen LogP contribution in [0.25, 0.3) is 17.2 Å². The highest BCUT2D eigenvalue weighted by Gasteiger charge is 2.25. The molecule has 3 aromatic rings. The van der Waals surface area contributed by atoms with E-state index in [0.29, 0.717) is 17.2 Å². The highest BCUT2D eigenvalue weighted by Crippen LogP contribution is 2.40. The van der Waals surface area contributed by atoms with Crippen LogP contribution in [0.4, 0.5) is 5.00 Å². The topological polar surface area (TPSA) is 64.6 Å². The van der Waals surface area contributed by atoms with Gasteiger partial charge in [-0.05, 0) is 49.6 Å². The number of anilines is 1. The van der Waals surface area contributed by atoms with E-state index in [9.17, 15) is 9.59 Å². The average Bonchev–Trinajstić information content (AvgIpc) is 3.13. The molecule has 0 unspecified atom stereocenters. The van der Waals surface area contributed by atoms with Crippen molar-refractivity contribution in [2.45, 2.75) is 27.2 Å². The number of carbonyl (C=O) groups is 2. The number of esters is 1. The molecule has 0 radical (unpaired) electrons. The van der Waals surface area contributed by atoms with Gasteiger partial charge in [-0.2, -0.15) is 0 Å². The number of carbonyl (C=O) groups excluding carboxylic acids is 2. The van der Waals surface area contributed by atoms with Crippen molar-refractivity contribution in [1.82, 2.24) is 0 Å². The van der Waals surface area contributed by atoms with Gasteiger partial charge in [0.15, 0.2) is 0 Å². The number of thiophene rings is 1. The first-order valence-electron chi connectivity index (χ1n) is 10.6. The molecule has 6 heteroatoms. The van der Waals surface area contributed by atoms with Crippen molar-refractivity contribution in [3.8, 4) is 16.9 Å². The summed E-state index contributed by atoms with van der Waals surface area (Å²) in [7, 11) is 0. The number of amides is 1. The molecule has 2 aromatic carbocycles. The number of aryl methyl sites for hydroxylation is 1. The molecule has 5 nitrogen and oxygen atoms in total. The SMILES string of the molecule is CCCOc1ccc(C=CC(=O)Nc2sc(C)c(-c3ccccc3)c2C(=O)OCC)cc1. The summed E-state index contributed by atoms with van der Waals surface area (Å²) in [5, 5.41) is 3.34. The molecule has 1 amide bonds. The van der Waals surface area contributed by atoms with Crippen LogP contribution in [0.2, 0.25) is 0 Å². The Labute approximate surface area is 192 Å². The first-order valence-corrected chi connectivity index (χ1v) is 11.4. The molecule has 0 bridgehead atoms. The third kappa shape index (κ3) is 5.86. The van der Waals surface area contributed by atoms with E-state index in [4.69, 9.17) is 9.47 Å². The fraction of sp³-hybridized carbons (Fsp3) is 0.231. The molecule has 166 valence electrons. The second-order valence-electron chi connectivity index (χ2n) is 7.06. The zero-order valence-electron chi connectivity index (χ0n) is 18.5. The number of hydrogen-bond donors (Lipinski definition) is 1. The molecule has 1 N–H and O–H groups in total. The molecule has 32 heavy (non-hydrogen) atoms. The van der Waals surface area contributed by atoms with Gasteiger partial charge in [0.05, 0.1) is 13.2 Å². The number of ether oxygens (including phenoxy) is 2. The lowest BCUT2D eigenvalue weighted by molar-refractivity contribution is -0.111. The summed E-state index contributed by atoms with van der Waals surface area (Å²) in [5.74, 6) is 0.0374. The minimum Gasteiger partial charge on any atom is -0.494 e. The fourth-order valence-electron chi connectivity index (χ4n) is 3.20. The maximum Gasteiger partial charge on any atom is 0.341 e. The molecule has 0 aliphatic heterocycles. The van der Waals surface area contributed by atoms with Crippen LogP contribution in [-0.2, 0) is 9.53 Å². The Morgan fingerprint density at radius 3 is 2.41 bits per heavy atom. The molecule has 1 aromatic heterocycles. The van der Waals surface area contributed by atoms with Crippen LogP contribution in [0.15, 0.2) is 60.7 Å². The van der Waals surface area contributed by atoms with E-state index in [2.05, 4.69) is 12.2 Å². The van der Waals surface area contributed by atoms with Crippen LogP contribution in [-0.4, -0.2) is 25.1 Å². The number of nitrogens with one attached hydrogen (secondary N) is 1. The molecule has 0 atom stereocenters. The monoisotopic (exact) mass is 449 g/mol. The van der Waals surface area contributed by atoms with Gasteiger partial charge in [0, 0.05) is 16.5 Å². The Bertz CT molecular complexity index is 1090. The molecule has 0 fully saturated rings. The number of hydrogen-bond acceptors (Lipinski definition) is 5.